The Kier molecular flexibility index (Phi) is 17.9. The fourth-order valence-corrected chi connectivity index (χ4v) is 2.59. The van der Waals surface area contributed by atoms with E-state index in [1.54, 1.807) is 0 Å². The summed E-state index contributed by atoms with van der Waals surface area (Å²) >= 11 is 0. The molecule has 0 rings (SSSR count). The number of hydrogen-bond acceptors (Lipinski definition) is 2. The molecule has 0 aliphatic carbocycles. The lowest BCUT2D eigenvalue weighted by atomic mass is 10.0. The van der Waals surface area contributed by atoms with Crippen LogP contribution < -0.4 is 5.73 Å². The fourth-order valence-electron chi connectivity index (χ4n) is 2.59. The van der Waals surface area contributed by atoms with E-state index in [0.29, 0.717) is 6.04 Å². The maximum atomic E-state index is 8.61. The first kappa shape index (κ1) is 21.4. The van der Waals surface area contributed by atoms with E-state index in [9.17, 15) is 0 Å². The lowest BCUT2D eigenvalue weighted by molar-refractivity contribution is 0.342. The predicted molar refractivity (Wildman–Crippen MR) is 99.0 cm³/mol. The van der Waals surface area contributed by atoms with E-state index in [1.807, 2.05) is 6.08 Å². The largest absolute Gasteiger partial charge is 0.392 e. The van der Waals surface area contributed by atoms with E-state index < -0.39 is 0 Å². The molecule has 0 saturated heterocycles. The molecule has 0 spiro atoms. The second kappa shape index (κ2) is 18.4. The third-order valence-electron chi connectivity index (χ3n) is 4.05. The molecule has 0 amide bonds. The van der Waals surface area contributed by atoms with Gasteiger partial charge in [-0.15, -0.1) is 0 Å². The van der Waals surface area contributed by atoms with Crippen molar-refractivity contribution in [3.8, 4) is 0 Å². The van der Waals surface area contributed by atoms with E-state index in [-0.39, 0.29) is 6.61 Å². The number of rotatable bonds is 16. The van der Waals surface area contributed by atoms with Gasteiger partial charge in [0, 0.05) is 6.04 Å². The Morgan fingerprint density at radius 3 is 2.00 bits per heavy atom. The molecule has 0 aliphatic rings. The molecule has 2 heteroatoms. The fraction of sp³-hybridized carbons (Fsp3) is 0.800. The van der Waals surface area contributed by atoms with Gasteiger partial charge in [-0.3, -0.25) is 0 Å². The molecule has 0 aromatic carbocycles. The van der Waals surface area contributed by atoms with Gasteiger partial charge in [0.2, 0.25) is 0 Å². The summed E-state index contributed by atoms with van der Waals surface area (Å²) in [6.07, 6.45) is 24.8. The van der Waals surface area contributed by atoms with Crippen molar-refractivity contribution in [1.29, 1.82) is 0 Å². The molecule has 0 fully saturated rings. The predicted octanol–water partition coefficient (Wildman–Crippen LogP) is 5.51. The monoisotopic (exact) mass is 309 g/mol. The lowest BCUT2D eigenvalue weighted by Gasteiger charge is -2.08. The highest BCUT2D eigenvalue weighted by atomic mass is 16.2. The zero-order valence-electron chi connectivity index (χ0n) is 14.8. The van der Waals surface area contributed by atoms with Crippen LogP contribution >= 0.6 is 0 Å². The molecule has 1 atom stereocenters. The lowest BCUT2D eigenvalue weighted by Crippen LogP contribution is -2.18. The minimum Gasteiger partial charge on any atom is -0.392 e. The molecule has 0 saturated carbocycles. The van der Waals surface area contributed by atoms with Crippen molar-refractivity contribution in [2.45, 2.75) is 96.4 Å². The van der Waals surface area contributed by atoms with Gasteiger partial charge in [0.1, 0.15) is 0 Å². The van der Waals surface area contributed by atoms with Crippen LogP contribution in [0.4, 0.5) is 0 Å². The van der Waals surface area contributed by atoms with Gasteiger partial charge in [0.15, 0.2) is 0 Å². The highest BCUT2D eigenvalue weighted by Gasteiger charge is 1.99. The Hall–Kier alpha value is -0.600. The molecule has 0 aromatic rings. The number of aliphatic hydroxyl groups excluding tert-OH is 1. The average molecular weight is 310 g/mol. The molecule has 22 heavy (non-hydrogen) atoms. The Bertz CT molecular complexity index is 260. The van der Waals surface area contributed by atoms with Crippen LogP contribution in [0.2, 0.25) is 0 Å². The number of hydrogen-bond donors (Lipinski definition) is 2. The first-order chi connectivity index (χ1) is 10.8. The maximum absolute atomic E-state index is 8.61. The molecular weight excluding hydrogens is 270 g/mol. The second-order valence-corrected chi connectivity index (χ2v) is 6.32. The minimum atomic E-state index is 0.175. The molecule has 2 nitrogen and oxygen atoms in total. The van der Waals surface area contributed by atoms with Gasteiger partial charge in [-0.2, -0.15) is 0 Å². The molecule has 0 heterocycles. The normalized spacial score (nSPS) is 13.4. The molecule has 3 N–H and O–H groups in total. The molecule has 0 bridgehead atoms. The topological polar surface area (TPSA) is 46.2 Å². The second-order valence-electron chi connectivity index (χ2n) is 6.32. The van der Waals surface area contributed by atoms with E-state index in [2.05, 4.69) is 25.2 Å². The summed E-state index contributed by atoms with van der Waals surface area (Å²) in [6, 6.07) is 0.361. The average Bonchev–Trinajstić information content (AvgIpc) is 2.52. The minimum absolute atomic E-state index is 0.175. The highest BCUT2D eigenvalue weighted by molar-refractivity contribution is 4.85. The maximum Gasteiger partial charge on any atom is 0.0612 e. The van der Waals surface area contributed by atoms with Crippen LogP contribution in [0.5, 0.6) is 0 Å². The van der Waals surface area contributed by atoms with Crippen LogP contribution in [0.1, 0.15) is 90.4 Å². The van der Waals surface area contributed by atoms with E-state index in [4.69, 9.17) is 10.8 Å². The first-order valence-corrected chi connectivity index (χ1v) is 9.47. The van der Waals surface area contributed by atoms with Crippen molar-refractivity contribution in [3.63, 3.8) is 0 Å². The van der Waals surface area contributed by atoms with Crippen molar-refractivity contribution in [1.82, 2.24) is 0 Å². The van der Waals surface area contributed by atoms with Crippen LogP contribution in [0.3, 0.4) is 0 Å². The van der Waals surface area contributed by atoms with Crippen LogP contribution in [0.15, 0.2) is 24.3 Å². The van der Waals surface area contributed by atoms with Crippen molar-refractivity contribution in [2.24, 2.45) is 5.73 Å². The number of unbranched alkanes of at least 4 members (excludes halogenated alkanes) is 9. The third-order valence-corrected chi connectivity index (χ3v) is 4.05. The van der Waals surface area contributed by atoms with Crippen molar-refractivity contribution in [2.75, 3.05) is 6.61 Å². The first-order valence-electron chi connectivity index (χ1n) is 9.47. The van der Waals surface area contributed by atoms with Gasteiger partial charge in [-0.25, -0.2) is 0 Å². The summed E-state index contributed by atoms with van der Waals surface area (Å²) < 4.78 is 0. The summed E-state index contributed by atoms with van der Waals surface area (Å²) in [5.74, 6) is 0. The zero-order valence-corrected chi connectivity index (χ0v) is 14.8. The Morgan fingerprint density at radius 1 is 0.773 bits per heavy atom. The van der Waals surface area contributed by atoms with Gasteiger partial charge in [0.05, 0.1) is 6.61 Å². The van der Waals surface area contributed by atoms with E-state index in [1.165, 1.54) is 70.6 Å². The van der Waals surface area contributed by atoms with Gasteiger partial charge in [0.25, 0.3) is 0 Å². The standard InChI is InChI=1S/C20H39NO/c1-2-3-4-14-17-20(21)18-15-12-10-8-6-5-7-9-11-13-16-19-22/h12-13,15-16,20,22H,2-11,14,17-19,21H2,1H3/b15-12-,16-13?. The van der Waals surface area contributed by atoms with Crippen molar-refractivity contribution >= 4 is 0 Å². The van der Waals surface area contributed by atoms with Crippen molar-refractivity contribution < 1.29 is 5.11 Å². The SMILES string of the molecule is CCCCCCC(N)C/C=C\CCCCCCCC=CCO. The van der Waals surface area contributed by atoms with Gasteiger partial charge < -0.3 is 10.8 Å². The molecule has 0 radical (unpaired) electrons. The van der Waals surface area contributed by atoms with Gasteiger partial charge >= 0.3 is 0 Å². The highest BCUT2D eigenvalue weighted by Crippen LogP contribution is 2.09. The van der Waals surface area contributed by atoms with Crippen LogP contribution in [-0.4, -0.2) is 17.8 Å². The number of nitrogens with two attached hydrogens (primary N) is 1. The Labute approximate surface area is 138 Å². The third kappa shape index (κ3) is 17.5. The van der Waals surface area contributed by atoms with E-state index >= 15 is 0 Å². The van der Waals surface area contributed by atoms with Gasteiger partial charge in [-0.1, -0.05) is 76.2 Å². The van der Waals surface area contributed by atoms with Crippen molar-refractivity contribution in [3.05, 3.63) is 24.3 Å². The molecule has 0 aromatic heterocycles. The summed E-state index contributed by atoms with van der Waals surface area (Å²) in [4.78, 5) is 0. The quantitative estimate of drug-likeness (QED) is 0.292. The number of allylic oxidation sites excluding steroid dienone is 2. The van der Waals surface area contributed by atoms with Crippen LogP contribution in [0, 0.1) is 0 Å². The summed E-state index contributed by atoms with van der Waals surface area (Å²) in [5, 5.41) is 8.61. The Balaban J connectivity index is 3.24. The summed E-state index contributed by atoms with van der Waals surface area (Å²) in [5.41, 5.74) is 6.11. The van der Waals surface area contributed by atoms with E-state index in [0.717, 1.165) is 12.8 Å². The smallest absolute Gasteiger partial charge is 0.0612 e. The summed E-state index contributed by atoms with van der Waals surface area (Å²) in [7, 11) is 0. The van der Waals surface area contributed by atoms with Gasteiger partial charge in [-0.05, 0) is 38.5 Å². The van der Waals surface area contributed by atoms with Crippen LogP contribution in [-0.2, 0) is 0 Å². The molecule has 1 unspecified atom stereocenters. The molecule has 0 aliphatic heterocycles. The molecular formula is C20H39NO. The molecule has 130 valence electrons. The summed E-state index contributed by atoms with van der Waals surface area (Å²) in [6.45, 7) is 2.42. The number of aliphatic hydroxyl groups is 1. The zero-order chi connectivity index (χ0) is 16.3. The van der Waals surface area contributed by atoms with Crippen LogP contribution in [0.25, 0.3) is 0 Å². The Morgan fingerprint density at radius 2 is 1.36 bits per heavy atom.